The number of nitrogens with two attached hydrogens (primary N) is 1. The van der Waals surface area contributed by atoms with E-state index in [0.717, 1.165) is 17.9 Å². The molecule has 1 aromatic carbocycles. The number of hydrogen-bond donors (Lipinski definition) is 3. The van der Waals surface area contributed by atoms with Crippen LogP contribution < -0.4 is 28.0 Å². The van der Waals surface area contributed by atoms with E-state index in [4.69, 9.17) is 5.73 Å². The van der Waals surface area contributed by atoms with Gasteiger partial charge < -0.3 is 23.1 Å². The fourth-order valence-corrected chi connectivity index (χ4v) is 2.39. The molecule has 22 heavy (non-hydrogen) atoms. The minimum Gasteiger partial charge on any atom is -1.00 e. The van der Waals surface area contributed by atoms with Crippen LogP contribution in [0.2, 0.25) is 0 Å². The van der Waals surface area contributed by atoms with Crippen molar-refractivity contribution in [3.05, 3.63) is 42.2 Å². The number of H-pyrrole nitrogens is 1. The summed E-state index contributed by atoms with van der Waals surface area (Å²) in [4.78, 5) is 11.7. The molecule has 2 heterocycles. The van der Waals surface area contributed by atoms with Crippen molar-refractivity contribution in [2.45, 2.75) is 19.4 Å². The average Bonchev–Trinajstić information content (AvgIpc) is 2.94. The SMILES string of the molecule is CC(Cc1ccccc1)Nc1nc2nc[nH]c2c(N)[n+]1C.[Cl-]. The normalized spacial score (nSPS) is 11.9. The van der Waals surface area contributed by atoms with Crippen molar-refractivity contribution in [2.24, 2.45) is 7.05 Å². The summed E-state index contributed by atoms with van der Waals surface area (Å²) < 4.78 is 1.84. The molecule has 6 nitrogen and oxygen atoms in total. The van der Waals surface area contributed by atoms with Gasteiger partial charge in [0, 0.05) is 6.42 Å². The molecule has 3 aromatic rings. The number of nitrogen functional groups attached to an aromatic ring is 1. The highest BCUT2D eigenvalue weighted by Gasteiger charge is 2.18. The van der Waals surface area contributed by atoms with Crippen LogP contribution in [0.15, 0.2) is 36.7 Å². The third-order valence-electron chi connectivity index (χ3n) is 3.53. The molecular formula is C15H19ClN6. The molecular weight excluding hydrogens is 300 g/mol. The molecule has 1 unspecified atom stereocenters. The van der Waals surface area contributed by atoms with Crippen molar-refractivity contribution >= 4 is 22.9 Å². The number of benzene rings is 1. The second kappa shape index (κ2) is 6.62. The second-order valence-corrected chi connectivity index (χ2v) is 5.22. The van der Waals surface area contributed by atoms with E-state index in [1.165, 1.54) is 5.56 Å². The zero-order valence-electron chi connectivity index (χ0n) is 12.5. The van der Waals surface area contributed by atoms with Crippen LogP contribution >= 0.6 is 0 Å². The van der Waals surface area contributed by atoms with E-state index in [2.05, 4.69) is 39.3 Å². The Balaban J connectivity index is 0.00000176. The molecule has 0 fully saturated rings. The molecule has 116 valence electrons. The largest absolute Gasteiger partial charge is 1.00 e. The maximum Gasteiger partial charge on any atom is 0.349 e. The minimum absolute atomic E-state index is 0. The number of anilines is 2. The van der Waals surface area contributed by atoms with Gasteiger partial charge in [0.05, 0.1) is 19.4 Å². The zero-order chi connectivity index (χ0) is 14.8. The van der Waals surface area contributed by atoms with Crippen LogP contribution in [0, 0.1) is 0 Å². The van der Waals surface area contributed by atoms with E-state index < -0.39 is 0 Å². The Morgan fingerprint density at radius 2 is 2.05 bits per heavy atom. The molecule has 2 aromatic heterocycles. The Morgan fingerprint density at radius 1 is 1.32 bits per heavy atom. The quantitative estimate of drug-likeness (QED) is 0.507. The van der Waals surface area contributed by atoms with Crippen LogP contribution in [0.25, 0.3) is 11.2 Å². The summed E-state index contributed by atoms with van der Waals surface area (Å²) in [6.45, 7) is 2.12. The van der Waals surface area contributed by atoms with Gasteiger partial charge in [-0.3, -0.25) is 5.32 Å². The van der Waals surface area contributed by atoms with E-state index in [0.29, 0.717) is 11.5 Å². The fraction of sp³-hybridized carbons (Fsp3) is 0.267. The molecule has 0 amide bonds. The molecule has 0 bridgehead atoms. The number of imidazole rings is 1. The summed E-state index contributed by atoms with van der Waals surface area (Å²) in [6.07, 6.45) is 2.52. The van der Waals surface area contributed by atoms with Crippen LogP contribution in [0.1, 0.15) is 12.5 Å². The van der Waals surface area contributed by atoms with Crippen LogP contribution in [0.3, 0.4) is 0 Å². The van der Waals surface area contributed by atoms with Crippen molar-refractivity contribution in [3.63, 3.8) is 0 Å². The Bertz CT molecular complexity index is 755. The third kappa shape index (κ3) is 3.12. The summed E-state index contributed by atoms with van der Waals surface area (Å²) in [5, 5.41) is 3.40. The second-order valence-electron chi connectivity index (χ2n) is 5.22. The van der Waals surface area contributed by atoms with E-state index in [9.17, 15) is 0 Å². The fourth-order valence-electron chi connectivity index (χ4n) is 2.39. The Kier molecular flexibility index (Phi) is 4.82. The van der Waals surface area contributed by atoms with Gasteiger partial charge in [0.25, 0.3) is 0 Å². The lowest BCUT2D eigenvalue weighted by Gasteiger charge is -2.12. The molecule has 0 aliphatic rings. The first-order valence-corrected chi connectivity index (χ1v) is 6.94. The number of fused-ring (bicyclic) bond motifs is 1. The van der Waals surface area contributed by atoms with E-state index in [1.54, 1.807) is 6.33 Å². The van der Waals surface area contributed by atoms with Crippen molar-refractivity contribution in [2.75, 3.05) is 11.1 Å². The van der Waals surface area contributed by atoms with E-state index in [1.807, 2.05) is 29.8 Å². The molecule has 7 heteroatoms. The van der Waals surface area contributed by atoms with Gasteiger partial charge in [-0.1, -0.05) is 35.3 Å². The molecule has 0 saturated carbocycles. The first-order valence-electron chi connectivity index (χ1n) is 6.94. The Hall–Kier alpha value is -2.34. The van der Waals surface area contributed by atoms with Gasteiger partial charge in [0.2, 0.25) is 11.5 Å². The van der Waals surface area contributed by atoms with E-state index in [-0.39, 0.29) is 18.4 Å². The Morgan fingerprint density at radius 3 is 2.77 bits per heavy atom. The summed E-state index contributed by atoms with van der Waals surface area (Å²) in [5.41, 5.74) is 8.78. The topological polar surface area (TPSA) is 83.5 Å². The highest BCUT2D eigenvalue weighted by molar-refractivity contribution is 5.79. The number of rotatable bonds is 4. The Labute approximate surface area is 135 Å². The van der Waals surface area contributed by atoms with Crippen molar-refractivity contribution in [1.29, 1.82) is 0 Å². The maximum atomic E-state index is 6.10. The predicted octanol–water partition coefficient (Wildman–Crippen LogP) is -1.59. The molecule has 1 atom stereocenters. The minimum atomic E-state index is 0. The smallest absolute Gasteiger partial charge is 0.349 e. The number of halogens is 1. The average molecular weight is 319 g/mol. The summed E-state index contributed by atoms with van der Waals surface area (Å²) in [7, 11) is 1.89. The third-order valence-corrected chi connectivity index (χ3v) is 3.53. The van der Waals surface area contributed by atoms with Gasteiger partial charge >= 0.3 is 5.95 Å². The zero-order valence-corrected chi connectivity index (χ0v) is 13.3. The molecule has 0 radical (unpaired) electrons. The van der Waals surface area contributed by atoms with Gasteiger partial charge in [-0.15, -0.1) is 0 Å². The van der Waals surface area contributed by atoms with Crippen LogP contribution in [0.4, 0.5) is 11.8 Å². The summed E-state index contributed by atoms with van der Waals surface area (Å²) in [6, 6.07) is 10.6. The monoisotopic (exact) mass is 318 g/mol. The first kappa shape index (κ1) is 16.0. The van der Waals surface area contributed by atoms with Gasteiger partial charge in [-0.05, 0) is 12.5 Å². The highest BCUT2D eigenvalue weighted by atomic mass is 35.5. The standard InChI is InChI=1S/C15H18N6.ClH/c1-10(8-11-6-4-3-5-7-11)19-15-20-14-12(17-9-18-14)13(16)21(15)2;/h3-7,9-10H,8H2,1-2H3,(H3,16,17,18,19,20);1H. The van der Waals surface area contributed by atoms with E-state index >= 15 is 0 Å². The van der Waals surface area contributed by atoms with Crippen LogP contribution in [-0.2, 0) is 13.5 Å². The summed E-state index contributed by atoms with van der Waals surface area (Å²) >= 11 is 0. The van der Waals surface area contributed by atoms with Crippen molar-refractivity contribution in [3.8, 4) is 0 Å². The molecule has 0 spiro atoms. The molecule has 0 aliphatic carbocycles. The number of aromatic nitrogens is 4. The molecule has 0 aliphatic heterocycles. The predicted molar refractivity (Wildman–Crippen MR) is 82.7 cm³/mol. The van der Waals surface area contributed by atoms with Crippen molar-refractivity contribution in [1.82, 2.24) is 15.0 Å². The van der Waals surface area contributed by atoms with Gasteiger partial charge in [-0.25, -0.2) is 9.55 Å². The number of aromatic amines is 1. The summed E-state index contributed by atoms with van der Waals surface area (Å²) in [5.74, 6) is 1.34. The first-order chi connectivity index (χ1) is 10.1. The number of hydrogen-bond acceptors (Lipinski definition) is 4. The van der Waals surface area contributed by atoms with Gasteiger partial charge in [-0.2, -0.15) is 0 Å². The van der Waals surface area contributed by atoms with Gasteiger partial charge in [0.1, 0.15) is 0 Å². The maximum absolute atomic E-state index is 6.10. The lowest BCUT2D eigenvalue weighted by molar-refractivity contribution is -0.643. The van der Waals surface area contributed by atoms with Crippen molar-refractivity contribution < 1.29 is 17.0 Å². The lowest BCUT2D eigenvalue weighted by Crippen LogP contribution is -3.00. The molecule has 0 saturated heterocycles. The number of nitrogens with zero attached hydrogens (tertiary/aromatic N) is 3. The van der Waals surface area contributed by atoms with Gasteiger partial charge in [0.15, 0.2) is 5.52 Å². The number of nitrogens with one attached hydrogen (secondary N) is 2. The molecule has 4 N–H and O–H groups in total. The lowest BCUT2D eigenvalue weighted by atomic mass is 10.1. The highest BCUT2D eigenvalue weighted by Crippen LogP contribution is 2.14. The van der Waals surface area contributed by atoms with Crippen LogP contribution in [0.5, 0.6) is 0 Å². The molecule has 3 rings (SSSR count). The van der Waals surface area contributed by atoms with Crippen LogP contribution in [-0.4, -0.2) is 21.0 Å².